The molecule has 0 aromatic heterocycles. The number of halogens is 1. The van der Waals surface area contributed by atoms with Gasteiger partial charge in [-0.3, -0.25) is 0 Å². The van der Waals surface area contributed by atoms with Crippen molar-refractivity contribution in [2.24, 2.45) is 0 Å². The molecule has 2 rings (SSSR count). The maximum Gasteiger partial charge on any atom is 0.128 e. The summed E-state index contributed by atoms with van der Waals surface area (Å²) in [6.07, 6.45) is 2.08. The summed E-state index contributed by atoms with van der Waals surface area (Å²) in [5.41, 5.74) is 6.87. The first kappa shape index (κ1) is 17.9. The van der Waals surface area contributed by atoms with Gasteiger partial charge in [0.05, 0.1) is 0 Å². The lowest BCUT2D eigenvalue weighted by Crippen LogP contribution is -2.29. The van der Waals surface area contributed by atoms with Crippen LogP contribution in [0.15, 0.2) is 18.2 Å². The molecule has 0 radical (unpaired) electrons. The third-order valence-corrected chi connectivity index (χ3v) is 3.18. The number of nitrogens with two attached hydrogens (primary N) is 1. The van der Waals surface area contributed by atoms with Crippen LogP contribution in [0.3, 0.4) is 0 Å². The van der Waals surface area contributed by atoms with E-state index in [-0.39, 0.29) is 5.82 Å². The molecule has 0 atom stereocenters. The minimum Gasteiger partial charge on any atom is -0.399 e. The lowest BCUT2D eigenvalue weighted by Gasteiger charge is -2.29. The SMILES string of the molecule is CC.CC.CN1CCC(c2ccc(N)cc2F)CC1. The van der Waals surface area contributed by atoms with Gasteiger partial charge in [0.2, 0.25) is 0 Å². The molecule has 0 unspecified atom stereocenters. The monoisotopic (exact) mass is 268 g/mol. The minimum atomic E-state index is -0.149. The molecule has 0 aliphatic carbocycles. The molecule has 19 heavy (non-hydrogen) atoms. The van der Waals surface area contributed by atoms with Gasteiger partial charge in [0.15, 0.2) is 0 Å². The topological polar surface area (TPSA) is 29.3 Å². The molecule has 1 heterocycles. The molecule has 3 heteroatoms. The fraction of sp³-hybridized carbons (Fsp3) is 0.625. The van der Waals surface area contributed by atoms with E-state index in [0.29, 0.717) is 11.6 Å². The summed E-state index contributed by atoms with van der Waals surface area (Å²) >= 11 is 0. The fourth-order valence-electron chi connectivity index (χ4n) is 2.19. The number of nitrogens with zero attached hydrogens (tertiary/aromatic N) is 1. The second kappa shape index (κ2) is 9.79. The Kier molecular flexibility index (Phi) is 9.23. The normalized spacial score (nSPS) is 15.9. The van der Waals surface area contributed by atoms with E-state index >= 15 is 0 Å². The molecule has 1 fully saturated rings. The van der Waals surface area contributed by atoms with E-state index in [0.717, 1.165) is 31.5 Å². The first-order chi connectivity index (χ1) is 9.16. The number of benzene rings is 1. The van der Waals surface area contributed by atoms with Gasteiger partial charge in [-0.05, 0) is 56.6 Å². The first-order valence-electron chi connectivity index (χ1n) is 7.40. The molecule has 0 spiro atoms. The van der Waals surface area contributed by atoms with Crippen LogP contribution < -0.4 is 5.73 Å². The number of piperidine rings is 1. The van der Waals surface area contributed by atoms with Gasteiger partial charge in [0, 0.05) is 5.69 Å². The number of anilines is 1. The second-order valence-corrected chi connectivity index (χ2v) is 4.36. The quantitative estimate of drug-likeness (QED) is 0.771. The van der Waals surface area contributed by atoms with E-state index < -0.39 is 0 Å². The van der Waals surface area contributed by atoms with Gasteiger partial charge in [0.25, 0.3) is 0 Å². The van der Waals surface area contributed by atoms with E-state index in [1.54, 1.807) is 6.07 Å². The summed E-state index contributed by atoms with van der Waals surface area (Å²) in [5, 5.41) is 0. The van der Waals surface area contributed by atoms with Gasteiger partial charge in [-0.2, -0.15) is 0 Å². The van der Waals surface area contributed by atoms with Crippen LogP contribution in [0.2, 0.25) is 0 Å². The van der Waals surface area contributed by atoms with Crippen LogP contribution in [-0.2, 0) is 0 Å². The predicted octanol–water partition coefficient (Wildman–Crippen LogP) is 4.27. The van der Waals surface area contributed by atoms with Crippen molar-refractivity contribution < 1.29 is 4.39 Å². The lowest BCUT2D eigenvalue weighted by molar-refractivity contribution is 0.253. The standard InChI is InChI=1S/C12H17FN2.2C2H6/c1-15-6-4-9(5-7-15)11-3-2-10(14)8-12(11)13;2*1-2/h2-3,8-9H,4-7,14H2,1H3;2*1-2H3. The fourth-order valence-corrected chi connectivity index (χ4v) is 2.19. The molecule has 1 saturated heterocycles. The Balaban J connectivity index is 0.000000741. The van der Waals surface area contributed by atoms with Crippen LogP contribution in [0.4, 0.5) is 10.1 Å². The summed E-state index contributed by atoms with van der Waals surface area (Å²) in [4.78, 5) is 2.28. The van der Waals surface area contributed by atoms with E-state index in [1.165, 1.54) is 6.07 Å². The van der Waals surface area contributed by atoms with E-state index in [1.807, 2.05) is 33.8 Å². The summed E-state index contributed by atoms with van der Waals surface area (Å²) < 4.78 is 13.6. The zero-order valence-electron chi connectivity index (χ0n) is 13.0. The molecule has 1 aromatic carbocycles. The van der Waals surface area contributed by atoms with E-state index in [4.69, 9.17) is 5.73 Å². The van der Waals surface area contributed by atoms with Crippen molar-refractivity contribution in [2.75, 3.05) is 25.9 Å². The van der Waals surface area contributed by atoms with Crippen LogP contribution >= 0.6 is 0 Å². The summed E-state index contributed by atoms with van der Waals surface area (Å²) in [5.74, 6) is 0.214. The van der Waals surface area contributed by atoms with Gasteiger partial charge >= 0.3 is 0 Å². The number of nitrogen functional groups attached to an aromatic ring is 1. The lowest BCUT2D eigenvalue weighted by atomic mass is 9.89. The molecule has 1 aromatic rings. The highest BCUT2D eigenvalue weighted by atomic mass is 19.1. The molecule has 2 N–H and O–H groups in total. The van der Waals surface area contributed by atoms with Crippen LogP contribution in [0.5, 0.6) is 0 Å². The zero-order chi connectivity index (χ0) is 14.8. The Morgan fingerprint density at radius 1 is 1.11 bits per heavy atom. The van der Waals surface area contributed by atoms with Gasteiger partial charge in [-0.25, -0.2) is 4.39 Å². The Morgan fingerprint density at radius 2 is 1.63 bits per heavy atom. The molecule has 110 valence electrons. The summed E-state index contributed by atoms with van der Waals surface area (Å²) in [7, 11) is 2.11. The predicted molar refractivity (Wildman–Crippen MR) is 83.0 cm³/mol. The van der Waals surface area contributed by atoms with Crippen LogP contribution in [-0.4, -0.2) is 25.0 Å². The Labute approximate surface area is 117 Å². The minimum absolute atomic E-state index is 0.149. The number of hydrogen-bond acceptors (Lipinski definition) is 2. The summed E-state index contributed by atoms with van der Waals surface area (Å²) in [6.45, 7) is 10.1. The van der Waals surface area contributed by atoms with Crippen molar-refractivity contribution >= 4 is 5.69 Å². The van der Waals surface area contributed by atoms with Crippen LogP contribution in [0, 0.1) is 5.82 Å². The third kappa shape index (κ3) is 5.60. The molecule has 2 nitrogen and oxygen atoms in total. The van der Waals surface area contributed by atoms with Crippen LogP contribution in [0.1, 0.15) is 52.0 Å². The number of rotatable bonds is 1. The average Bonchev–Trinajstić information content (AvgIpc) is 2.45. The Hall–Kier alpha value is -1.09. The first-order valence-corrected chi connectivity index (χ1v) is 7.40. The maximum atomic E-state index is 13.6. The van der Waals surface area contributed by atoms with Gasteiger partial charge in [0.1, 0.15) is 5.82 Å². The van der Waals surface area contributed by atoms with Gasteiger partial charge in [-0.15, -0.1) is 0 Å². The molecule has 1 aliphatic rings. The van der Waals surface area contributed by atoms with E-state index in [9.17, 15) is 4.39 Å². The number of likely N-dealkylation sites (tertiary alicyclic amines) is 1. The highest BCUT2D eigenvalue weighted by Gasteiger charge is 2.20. The molecule has 0 saturated carbocycles. The molecular weight excluding hydrogens is 239 g/mol. The molecule has 1 aliphatic heterocycles. The number of hydrogen-bond donors (Lipinski definition) is 1. The molecular formula is C16H29FN2. The zero-order valence-corrected chi connectivity index (χ0v) is 13.0. The van der Waals surface area contributed by atoms with Crippen molar-refractivity contribution in [1.82, 2.24) is 4.90 Å². The van der Waals surface area contributed by atoms with Crippen molar-refractivity contribution in [3.8, 4) is 0 Å². The highest BCUT2D eigenvalue weighted by Crippen LogP contribution is 2.29. The van der Waals surface area contributed by atoms with E-state index in [2.05, 4.69) is 11.9 Å². The Bertz CT molecular complexity index is 345. The van der Waals surface area contributed by atoms with Crippen molar-refractivity contribution in [2.45, 2.75) is 46.5 Å². The summed E-state index contributed by atoms with van der Waals surface area (Å²) in [6, 6.07) is 5.05. The van der Waals surface area contributed by atoms with Crippen molar-refractivity contribution in [1.29, 1.82) is 0 Å². The average molecular weight is 268 g/mol. The Morgan fingerprint density at radius 3 is 2.11 bits per heavy atom. The van der Waals surface area contributed by atoms with Gasteiger partial charge < -0.3 is 10.6 Å². The second-order valence-electron chi connectivity index (χ2n) is 4.36. The van der Waals surface area contributed by atoms with Crippen molar-refractivity contribution in [3.05, 3.63) is 29.6 Å². The largest absolute Gasteiger partial charge is 0.399 e. The molecule has 0 bridgehead atoms. The smallest absolute Gasteiger partial charge is 0.128 e. The van der Waals surface area contributed by atoms with Crippen LogP contribution in [0.25, 0.3) is 0 Å². The molecule has 0 amide bonds. The highest BCUT2D eigenvalue weighted by molar-refractivity contribution is 5.41. The maximum absolute atomic E-state index is 13.6. The van der Waals surface area contributed by atoms with Gasteiger partial charge in [-0.1, -0.05) is 33.8 Å². The third-order valence-electron chi connectivity index (χ3n) is 3.18. The van der Waals surface area contributed by atoms with Crippen molar-refractivity contribution in [3.63, 3.8) is 0 Å².